The number of aromatic nitrogens is 3. The number of carbonyl (C=O) groups is 1. The number of anilines is 1. The SMILES string of the molecule is CCCn1c(CCOC)nc2c(N)nc3cc(OC4CCN(C(=O)NC(C)C)CC4)ccc3c21. The molecule has 2 aromatic heterocycles. The first-order chi connectivity index (χ1) is 16.4. The van der Waals surface area contributed by atoms with E-state index in [0.29, 0.717) is 25.5 Å². The van der Waals surface area contributed by atoms with E-state index in [0.717, 1.165) is 65.7 Å². The average molecular weight is 469 g/mol. The Morgan fingerprint density at radius 1 is 1.26 bits per heavy atom. The molecule has 0 radical (unpaired) electrons. The van der Waals surface area contributed by atoms with Crippen LogP contribution in [0.5, 0.6) is 5.75 Å². The lowest BCUT2D eigenvalue weighted by atomic mass is 10.1. The minimum atomic E-state index is -0.00333. The van der Waals surface area contributed by atoms with Gasteiger partial charge in [0.2, 0.25) is 0 Å². The van der Waals surface area contributed by atoms with E-state index in [1.54, 1.807) is 7.11 Å². The van der Waals surface area contributed by atoms with Gasteiger partial charge in [0.25, 0.3) is 0 Å². The average Bonchev–Trinajstić information content (AvgIpc) is 3.17. The molecule has 9 heteroatoms. The number of benzene rings is 1. The summed E-state index contributed by atoms with van der Waals surface area (Å²) < 4.78 is 13.8. The molecule has 3 N–H and O–H groups in total. The second kappa shape index (κ2) is 10.5. The van der Waals surface area contributed by atoms with Crippen molar-refractivity contribution in [3.63, 3.8) is 0 Å². The molecule has 1 aromatic carbocycles. The smallest absolute Gasteiger partial charge is 0.317 e. The van der Waals surface area contributed by atoms with E-state index in [-0.39, 0.29) is 18.2 Å². The van der Waals surface area contributed by atoms with E-state index in [2.05, 4.69) is 27.9 Å². The van der Waals surface area contributed by atoms with Crippen molar-refractivity contribution >= 4 is 33.8 Å². The van der Waals surface area contributed by atoms with Gasteiger partial charge in [-0.3, -0.25) is 0 Å². The Morgan fingerprint density at radius 3 is 2.71 bits per heavy atom. The van der Waals surface area contributed by atoms with Gasteiger partial charge in [0.1, 0.15) is 23.2 Å². The maximum atomic E-state index is 12.2. The summed E-state index contributed by atoms with van der Waals surface area (Å²) in [5, 5.41) is 3.97. The van der Waals surface area contributed by atoms with Gasteiger partial charge in [0, 0.05) is 63.5 Å². The number of nitrogens with zero attached hydrogens (tertiary/aromatic N) is 4. The molecular weight excluding hydrogens is 432 g/mol. The number of pyridine rings is 1. The van der Waals surface area contributed by atoms with Crippen molar-refractivity contribution in [1.29, 1.82) is 0 Å². The van der Waals surface area contributed by atoms with E-state index in [9.17, 15) is 4.79 Å². The molecule has 1 fully saturated rings. The van der Waals surface area contributed by atoms with Gasteiger partial charge < -0.3 is 30.0 Å². The number of piperidine rings is 1. The quantitative estimate of drug-likeness (QED) is 0.522. The predicted octanol–water partition coefficient (Wildman–Crippen LogP) is 3.73. The van der Waals surface area contributed by atoms with Gasteiger partial charge in [-0.25, -0.2) is 14.8 Å². The summed E-state index contributed by atoms with van der Waals surface area (Å²) in [4.78, 5) is 23.5. The highest BCUT2D eigenvalue weighted by atomic mass is 16.5. The number of likely N-dealkylation sites (tertiary alicyclic amines) is 1. The number of hydrogen-bond acceptors (Lipinski definition) is 6. The van der Waals surface area contributed by atoms with Crippen LogP contribution in [0.3, 0.4) is 0 Å². The molecule has 1 aliphatic rings. The molecule has 0 spiro atoms. The zero-order valence-corrected chi connectivity index (χ0v) is 20.6. The summed E-state index contributed by atoms with van der Waals surface area (Å²) >= 11 is 0. The van der Waals surface area contributed by atoms with Crippen LogP contribution in [0.25, 0.3) is 21.9 Å². The van der Waals surface area contributed by atoms with Crippen molar-refractivity contribution in [3.8, 4) is 5.75 Å². The van der Waals surface area contributed by atoms with Crippen LogP contribution in [-0.4, -0.2) is 64.4 Å². The molecular formula is C25H36N6O3. The maximum Gasteiger partial charge on any atom is 0.317 e. The number of nitrogens with one attached hydrogen (secondary N) is 1. The van der Waals surface area contributed by atoms with Gasteiger partial charge in [-0.05, 0) is 32.4 Å². The first kappa shape index (κ1) is 24.1. The summed E-state index contributed by atoms with van der Waals surface area (Å²) in [7, 11) is 1.70. The molecule has 4 rings (SSSR count). The van der Waals surface area contributed by atoms with Crippen LogP contribution in [0.2, 0.25) is 0 Å². The fraction of sp³-hybridized carbons (Fsp3) is 0.560. The van der Waals surface area contributed by atoms with Crippen molar-refractivity contribution in [2.45, 2.75) is 65.1 Å². The summed E-state index contributed by atoms with van der Waals surface area (Å²) in [5.41, 5.74) is 8.90. The number of amides is 2. The molecule has 184 valence electrons. The van der Waals surface area contributed by atoms with Crippen molar-refractivity contribution in [1.82, 2.24) is 24.8 Å². The molecule has 0 atom stereocenters. The monoisotopic (exact) mass is 468 g/mol. The molecule has 0 unspecified atom stereocenters. The highest BCUT2D eigenvalue weighted by Crippen LogP contribution is 2.32. The first-order valence-corrected chi connectivity index (χ1v) is 12.2. The molecule has 1 saturated heterocycles. The zero-order valence-electron chi connectivity index (χ0n) is 20.6. The van der Waals surface area contributed by atoms with Gasteiger partial charge >= 0.3 is 6.03 Å². The molecule has 0 aliphatic carbocycles. The minimum absolute atomic E-state index is 0.00333. The third-order valence-electron chi connectivity index (χ3n) is 6.18. The van der Waals surface area contributed by atoms with Gasteiger partial charge in [-0.2, -0.15) is 0 Å². The van der Waals surface area contributed by atoms with E-state index in [4.69, 9.17) is 20.2 Å². The normalized spacial score (nSPS) is 14.9. The predicted molar refractivity (Wildman–Crippen MR) is 134 cm³/mol. The third kappa shape index (κ3) is 5.04. The molecule has 9 nitrogen and oxygen atoms in total. The standard InChI is InChI=1S/C25H36N6O3/c1-5-11-31-21(10-14-33-4)29-22-23(31)19-7-6-18(15-20(19)28-24(22)26)34-17-8-12-30(13-9-17)25(32)27-16(2)3/h6-7,15-17H,5,8-14H2,1-4H3,(H2,26,28)(H,27,32). The number of nitrogen functional groups attached to an aromatic ring is 1. The Labute approximate surface area is 200 Å². The van der Waals surface area contributed by atoms with Crippen molar-refractivity contribution in [2.75, 3.05) is 32.5 Å². The largest absolute Gasteiger partial charge is 0.490 e. The number of rotatable bonds is 8. The third-order valence-corrected chi connectivity index (χ3v) is 6.18. The number of urea groups is 1. The van der Waals surface area contributed by atoms with Crippen LogP contribution in [0.4, 0.5) is 10.6 Å². The Kier molecular flexibility index (Phi) is 7.41. The number of carbonyl (C=O) groups excluding carboxylic acids is 1. The Hall–Kier alpha value is -3.07. The maximum absolute atomic E-state index is 12.2. The molecule has 3 heterocycles. The fourth-order valence-corrected chi connectivity index (χ4v) is 4.57. The summed E-state index contributed by atoms with van der Waals surface area (Å²) in [6.45, 7) is 8.92. The highest BCUT2D eigenvalue weighted by Gasteiger charge is 2.24. The van der Waals surface area contributed by atoms with Crippen molar-refractivity contribution in [2.24, 2.45) is 0 Å². The van der Waals surface area contributed by atoms with Crippen LogP contribution >= 0.6 is 0 Å². The number of fused-ring (bicyclic) bond motifs is 3. The van der Waals surface area contributed by atoms with Crippen LogP contribution < -0.4 is 15.8 Å². The number of nitrogens with two attached hydrogens (primary N) is 1. The number of ether oxygens (including phenoxy) is 2. The second-order valence-electron chi connectivity index (χ2n) is 9.20. The van der Waals surface area contributed by atoms with Gasteiger partial charge in [-0.15, -0.1) is 0 Å². The summed E-state index contributed by atoms with van der Waals surface area (Å²) in [6.07, 6.45) is 3.37. The molecule has 0 bridgehead atoms. The van der Waals surface area contributed by atoms with Gasteiger partial charge in [0.15, 0.2) is 5.82 Å². The Bertz CT molecular complexity index is 1150. The van der Waals surface area contributed by atoms with E-state index < -0.39 is 0 Å². The highest BCUT2D eigenvalue weighted by molar-refractivity contribution is 6.06. The number of imidazole rings is 1. The lowest BCUT2D eigenvalue weighted by Gasteiger charge is -2.32. The van der Waals surface area contributed by atoms with Gasteiger partial charge in [0.05, 0.1) is 17.6 Å². The fourth-order valence-electron chi connectivity index (χ4n) is 4.57. The molecule has 2 amide bonds. The molecule has 3 aromatic rings. The summed E-state index contributed by atoms with van der Waals surface area (Å²) in [6, 6.07) is 6.14. The Balaban J connectivity index is 1.56. The number of aryl methyl sites for hydroxylation is 1. The van der Waals surface area contributed by atoms with E-state index in [1.807, 2.05) is 30.9 Å². The topological polar surface area (TPSA) is 108 Å². The molecule has 0 saturated carbocycles. The minimum Gasteiger partial charge on any atom is -0.490 e. The zero-order chi connectivity index (χ0) is 24.2. The van der Waals surface area contributed by atoms with Gasteiger partial charge in [-0.1, -0.05) is 6.92 Å². The van der Waals surface area contributed by atoms with Crippen LogP contribution in [0, 0.1) is 0 Å². The Morgan fingerprint density at radius 2 is 2.03 bits per heavy atom. The number of hydrogen-bond donors (Lipinski definition) is 2. The van der Waals surface area contributed by atoms with Crippen molar-refractivity contribution in [3.05, 3.63) is 24.0 Å². The summed E-state index contributed by atoms with van der Waals surface area (Å²) in [5.74, 6) is 2.16. The second-order valence-corrected chi connectivity index (χ2v) is 9.20. The van der Waals surface area contributed by atoms with E-state index >= 15 is 0 Å². The first-order valence-electron chi connectivity index (χ1n) is 12.2. The number of methoxy groups -OCH3 is 1. The molecule has 1 aliphatic heterocycles. The van der Waals surface area contributed by atoms with Crippen LogP contribution in [0.1, 0.15) is 45.9 Å². The molecule has 34 heavy (non-hydrogen) atoms. The lowest BCUT2D eigenvalue weighted by Crippen LogP contribution is -2.48. The van der Waals surface area contributed by atoms with Crippen LogP contribution in [-0.2, 0) is 17.7 Å². The van der Waals surface area contributed by atoms with E-state index in [1.165, 1.54) is 0 Å². The lowest BCUT2D eigenvalue weighted by molar-refractivity contribution is 0.110. The van der Waals surface area contributed by atoms with Crippen molar-refractivity contribution < 1.29 is 14.3 Å². The van der Waals surface area contributed by atoms with Crippen LogP contribution in [0.15, 0.2) is 18.2 Å².